The Morgan fingerprint density at radius 2 is 2.00 bits per heavy atom. The Hall–Kier alpha value is -2.11. The summed E-state index contributed by atoms with van der Waals surface area (Å²) in [6.07, 6.45) is 0.0196. The zero-order chi connectivity index (χ0) is 15.1. The number of esters is 1. The molecule has 0 unspecified atom stereocenters. The van der Waals surface area contributed by atoms with Crippen molar-refractivity contribution in [2.75, 3.05) is 27.3 Å². The van der Waals surface area contributed by atoms with Gasteiger partial charge in [0.05, 0.1) is 20.6 Å². The summed E-state index contributed by atoms with van der Waals surface area (Å²) >= 11 is 0. The Bertz CT molecular complexity index is 490. The number of likely N-dealkylation sites (N-methyl/N-ethyl adjacent to an activating group) is 1. The molecule has 6 heteroatoms. The van der Waals surface area contributed by atoms with Gasteiger partial charge in [0, 0.05) is 6.54 Å². The molecule has 0 saturated carbocycles. The lowest BCUT2D eigenvalue weighted by atomic mass is 10.1. The Morgan fingerprint density at radius 1 is 1.30 bits per heavy atom. The van der Waals surface area contributed by atoms with Crippen molar-refractivity contribution in [2.24, 2.45) is 0 Å². The molecule has 1 rings (SSSR count). The molecule has 20 heavy (non-hydrogen) atoms. The Kier molecular flexibility index (Phi) is 5.96. The second-order valence-electron chi connectivity index (χ2n) is 4.13. The van der Waals surface area contributed by atoms with E-state index in [4.69, 9.17) is 4.74 Å². The molecule has 1 amide bonds. The average Bonchev–Trinajstić information content (AvgIpc) is 2.44. The normalized spacial score (nSPS) is 10.0. The smallest absolute Gasteiger partial charge is 0.325 e. The summed E-state index contributed by atoms with van der Waals surface area (Å²) in [6.45, 7) is 2.03. The van der Waals surface area contributed by atoms with Crippen LogP contribution in [0.1, 0.15) is 12.5 Å². The van der Waals surface area contributed by atoms with Crippen LogP contribution in [0.15, 0.2) is 18.2 Å². The molecule has 0 fully saturated rings. The number of nitrogens with zero attached hydrogens (tertiary/aromatic N) is 1. The van der Waals surface area contributed by atoms with E-state index >= 15 is 0 Å². The maximum Gasteiger partial charge on any atom is 0.325 e. The first-order valence-corrected chi connectivity index (χ1v) is 6.18. The molecule has 1 aromatic carbocycles. The van der Waals surface area contributed by atoms with Gasteiger partial charge in [0.1, 0.15) is 6.54 Å². The maximum atomic E-state index is 13.5. The quantitative estimate of drug-likeness (QED) is 0.741. The van der Waals surface area contributed by atoms with E-state index in [1.807, 2.05) is 0 Å². The van der Waals surface area contributed by atoms with E-state index < -0.39 is 11.8 Å². The Labute approximate surface area is 117 Å². The lowest BCUT2D eigenvalue weighted by Crippen LogP contribution is -2.37. The molecule has 0 atom stereocenters. The molecule has 1 aromatic rings. The highest BCUT2D eigenvalue weighted by Gasteiger charge is 2.16. The van der Waals surface area contributed by atoms with Crippen molar-refractivity contribution >= 4 is 11.9 Å². The van der Waals surface area contributed by atoms with E-state index in [2.05, 4.69) is 4.74 Å². The van der Waals surface area contributed by atoms with E-state index in [1.54, 1.807) is 13.0 Å². The molecular weight excluding hydrogens is 265 g/mol. The molecule has 0 heterocycles. The number of ether oxygens (including phenoxy) is 2. The van der Waals surface area contributed by atoms with Crippen molar-refractivity contribution in [2.45, 2.75) is 13.3 Å². The first-order valence-electron chi connectivity index (χ1n) is 6.18. The van der Waals surface area contributed by atoms with Crippen LogP contribution in [0.4, 0.5) is 4.39 Å². The minimum absolute atomic E-state index is 0.0196. The second kappa shape index (κ2) is 7.47. The van der Waals surface area contributed by atoms with Crippen molar-refractivity contribution in [1.82, 2.24) is 4.90 Å². The standard InChI is InChI=1S/C14H18FNO4/c1-4-16(9-14(18)20-3)13(17)8-10-5-6-12(19-2)11(15)7-10/h5-7H,4,8-9H2,1-3H3. The summed E-state index contributed by atoms with van der Waals surface area (Å²) in [5, 5.41) is 0. The van der Waals surface area contributed by atoms with Gasteiger partial charge in [0.25, 0.3) is 0 Å². The summed E-state index contributed by atoms with van der Waals surface area (Å²) in [7, 11) is 2.64. The Morgan fingerprint density at radius 3 is 2.50 bits per heavy atom. The van der Waals surface area contributed by atoms with Gasteiger partial charge in [-0.15, -0.1) is 0 Å². The largest absolute Gasteiger partial charge is 0.494 e. The van der Waals surface area contributed by atoms with Crippen molar-refractivity contribution in [3.8, 4) is 5.75 Å². The topological polar surface area (TPSA) is 55.8 Å². The number of carbonyl (C=O) groups excluding carboxylic acids is 2. The van der Waals surface area contributed by atoms with Gasteiger partial charge in [-0.25, -0.2) is 4.39 Å². The van der Waals surface area contributed by atoms with E-state index in [0.717, 1.165) is 0 Å². The highest BCUT2D eigenvalue weighted by Crippen LogP contribution is 2.18. The highest BCUT2D eigenvalue weighted by molar-refractivity contribution is 5.83. The fraction of sp³-hybridized carbons (Fsp3) is 0.429. The maximum absolute atomic E-state index is 13.5. The molecule has 0 aromatic heterocycles. The third kappa shape index (κ3) is 4.22. The van der Waals surface area contributed by atoms with E-state index in [0.29, 0.717) is 12.1 Å². The average molecular weight is 283 g/mol. The first-order chi connectivity index (χ1) is 9.51. The number of rotatable bonds is 6. The molecular formula is C14H18FNO4. The molecule has 0 saturated heterocycles. The van der Waals surface area contributed by atoms with Crippen LogP contribution in [0, 0.1) is 5.82 Å². The van der Waals surface area contributed by atoms with Crippen molar-refractivity contribution in [1.29, 1.82) is 0 Å². The fourth-order valence-electron chi connectivity index (χ4n) is 1.70. The van der Waals surface area contributed by atoms with Crippen LogP contribution < -0.4 is 4.74 Å². The number of amides is 1. The minimum atomic E-state index is -0.520. The minimum Gasteiger partial charge on any atom is -0.494 e. The van der Waals surface area contributed by atoms with Gasteiger partial charge < -0.3 is 14.4 Å². The molecule has 0 aliphatic carbocycles. The van der Waals surface area contributed by atoms with E-state index in [1.165, 1.54) is 31.3 Å². The van der Waals surface area contributed by atoms with E-state index in [-0.39, 0.29) is 24.6 Å². The zero-order valence-electron chi connectivity index (χ0n) is 11.8. The SMILES string of the molecule is CCN(CC(=O)OC)C(=O)Cc1ccc(OC)c(F)c1. The van der Waals surface area contributed by atoms with Gasteiger partial charge in [-0.05, 0) is 24.6 Å². The summed E-state index contributed by atoms with van der Waals surface area (Å²) in [5.74, 6) is -1.14. The van der Waals surface area contributed by atoms with Crippen LogP contribution >= 0.6 is 0 Å². The second-order valence-corrected chi connectivity index (χ2v) is 4.13. The van der Waals surface area contributed by atoms with Gasteiger partial charge >= 0.3 is 5.97 Å². The van der Waals surface area contributed by atoms with Crippen LogP contribution in [0.2, 0.25) is 0 Å². The number of methoxy groups -OCH3 is 2. The van der Waals surface area contributed by atoms with E-state index in [9.17, 15) is 14.0 Å². The molecule has 0 N–H and O–H groups in total. The zero-order valence-corrected chi connectivity index (χ0v) is 11.8. The number of benzene rings is 1. The van der Waals surface area contributed by atoms with Crippen LogP contribution in [0.3, 0.4) is 0 Å². The summed E-state index contributed by atoms with van der Waals surface area (Å²) in [5.41, 5.74) is 0.525. The third-order valence-electron chi connectivity index (χ3n) is 2.85. The molecule has 0 aliphatic rings. The fourth-order valence-corrected chi connectivity index (χ4v) is 1.70. The molecule has 0 bridgehead atoms. The highest BCUT2D eigenvalue weighted by atomic mass is 19.1. The van der Waals surface area contributed by atoms with Crippen LogP contribution in [-0.4, -0.2) is 44.1 Å². The number of carbonyl (C=O) groups is 2. The molecule has 0 radical (unpaired) electrons. The van der Waals surface area contributed by atoms with Crippen LogP contribution in [-0.2, 0) is 20.7 Å². The summed E-state index contributed by atoms with van der Waals surface area (Å²) in [4.78, 5) is 24.6. The lowest BCUT2D eigenvalue weighted by Gasteiger charge is -2.19. The molecule has 0 aliphatic heterocycles. The monoisotopic (exact) mass is 283 g/mol. The van der Waals surface area contributed by atoms with Gasteiger partial charge in [-0.1, -0.05) is 6.07 Å². The first kappa shape index (κ1) is 15.9. The lowest BCUT2D eigenvalue weighted by molar-refractivity contribution is -0.146. The van der Waals surface area contributed by atoms with Crippen LogP contribution in [0.25, 0.3) is 0 Å². The van der Waals surface area contributed by atoms with Gasteiger partial charge in [0.15, 0.2) is 11.6 Å². The van der Waals surface area contributed by atoms with Crippen LogP contribution in [0.5, 0.6) is 5.75 Å². The predicted molar refractivity (Wildman–Crippen MR) is 70.9 cm³/mol. The molecule has 0 spiro atoms. The van der Waals surface area contributed by atoms with Crippen molar-refractivity contribution < 1.29 is 23.5 Å². The predicted octanol–water partition coefficient (Wildman–Crippen LogP) is 1.40. The number of hydrogen-bond donors (Lipinski definition) is 0. The molecule has 110 valence electrons. The summed E-state index contributed by atoms with van der Waals surface area (Å²) < 4.78 is 22.9. The third-order valence-corrected chi connectivity index (χ3v) is 2.85. The number of hydrogen-bond acceptors (Lipinski definition) is 4. The number of halogens is 1. The van der Waals surface area contributed by atoms with Crippen molar-refractivity contribution in [3.63, 3.8) is 0 Å². The van der Waals surface area contributed by atoms with Gasteiger partial charge in [0.2, 0.25) is 5.91 Å². The van der Waals surface area contributed by atoms with Gasteiger partial charge in [-0.2, -0.15) is 0 Å². The molecule has 5 nitrogen and oxygen atoms in total. The van der Waals surface area contributed by atoms with Gasteiger partial charge in [-0.3, -0.25) is 9.59 Å². The Balaban J connectivity index is 2.73. The summed E-state index contributed by atoms with van der Waals surface area (Å²) in [6, 6.07) is 4.34. The van der Waals surface area contributed by atoms with Crippen molar-refractivity contribution in [3.05, 3.63) is 29.6 Å².